The summed E-state index contributed by atoms with van der Waals surface area (Å²) in [6, 6.07) is 0.627. The van der Waals surface area contributed by atoms with Crippen LogP contribution in [0.5, 0.6) is 0 Å². The Morgan fingerprint density at radius 2 is 2.00 bits per heavy atom. The van der Waals surface area contributed by atoms with Crippen molar-refractivity contribution in [2.45, 2.75) is 44.5 Å². The number of hydrogen-bond donors (Lipinski definition) is 1. The van der Waals surface area contributed by atoms with Crippen LogP contribution in [0.15, 0.2) is 0 Å². The number of halogens is 1. The van der Waals surface area contributed by atoms with Crippen molar-refractivity contribution in [3.63, 3.8) is 0 Å². The highest BCUT2D eigenvalue weighted by Gasteiger charge is 2.46. The summed E-state index contributed by atoms with van der Waals surface area (Å²) in [5.41, 5.74) is 0.284. The van der Waals surface area contributed by atoms with Crippen molar-refractivity contribution in [3.8, 4) is 0 Å². The fourth-order valence-electron chi connectivity index (χ4n) is 2.62. The van der Waals surface area contributed by atoms with E-state index in [1.165, 1.54) is 32.5 Å². The van der Waals surface area contributed by atoms with E-state index >= 15 is 0 Å². The third-order valence-corrected chi connectivity index (χ3v) is 4.91. The van der Waals surface area contributed by atoms with E-state index in [0.717, 1.165) is 13.0 Å². The molecule has 0 radical (unpaired) electrons. The summed E-state index contributed by atoms with van der Waals surface area (Å²) in [4.78, 5) is 2.55. The molecule has 2 aliphatic rings. The predicted octanol–water partition coefficient (Wildman–Crippen LogP) is 2.08. The van der Waals surface area contributed by atoms with E-state index in [9.17, 15) is 0 Å². The average molecular weight is 231 g/mol. The van der Waals surface area contributed by atoms with Crippen LogP contribution < -0.4 is 5.32 Å². The highest BCUT2D eigenvalue weighted by atomic mass is 35.5. The van der Waals surface area contributed by atoms with Gasteiger partial charge in [-0.25, -0.2) is 0 Å². The minimum atomic E-state index is 0.284. The smallest absolute Gasteiger partial charge is 0.0416 e. The second-order valence-electron chi connectivity index (χ2n) is 5.58. The first-order valence-corrected chi connectivity index (χ1v) is 6.64. The molecule has 2 rings (SSSR count). The van der Waals surface area contributed by atoms with E-state index in [1.54, 1.807) is 0 Å². The maximum Gasteiger partial charge on any atom is 0.0416 e. The first kappa shape index (κ1) is 11.7. The first-order chi connectivity index (χ1) is 7.10. The van der Waals surface area contributed by atoms with E-state index < -0.39 is 0 Å². The Hall–Kier alpha value is 0.210. The molecule has 2 nitrogen and oxygen atoms in total. The van der Waals surface area contributed by atoms with Gasteiger partial charge in [0.15, 0.2) is 0 Å². The number of rotatable bonds is 4. The molecule has 1 heterocycles. The van der Waals surface area contributed by atoms with Gasteiger partial charge in [0.25, 0.3) is 0 Å². The van der Waals surface area contributed by atoms with Crippen LogP contribution in [0, 0.1) is 5.41 Å². The topological polar surface area (TPSA) is 15.3 Å². The highest BCUT2D eigenvalue weighted by molar-refractivity contribution is 6.21. The monoisotopic (exact) mass is 230 g/mol. The Morgan fingerprint density at radius 3 is 2.53 bits per heavy atom. The van der Waals surface area contributed by atoms with Gasteiger partial charge in [0.2, 0.25) is 0 Å². The van der Waals surface area contributed by atoms with Crippen LogP contribution in [0.1, 0.15) is 33.1 Å². The van der Waals surface area contributed by atoms with Crippen LogP contribution in [0.2, 0.25) is 0 Å². The number of nitrogens with one attached hydrogen (secondary N) is 1. The minimum absolute atomic E-state index is 0.284. The molecular weight excluding hydrogens is 208 g/mol. The van der Waals surface area contributed by atoms with Crippen LogP contribution in [0.3, 0.4) is 0 Å². The molecular formula is C12H23ClN2. The molecule has 0 amide bonds. The zero-order valence-electron chi connectivity index (χ0n) is 9.93. The van der Waals surface area contributed by atoms with Crippen molar-refractivity contribution in [2.75, 3.05) is 26.2 Å². The van der Waals surface area contributed by atoms with Gasteiger partial charge in [-0.05, 0) is 37.8 Å². The second kappa shape index (κ2) is 4.60. The molecule has 1 N–H and O–H groups in total. The lowest BCUT2D eigenvalue weighted by Crippen LogP contribution is -2.58. The Morgan fingerprint density at radius 1 is 1.33 bits per heavy atom. The zero-order chi connectivity index (χ0) is 10.9. The van der Waals surface area contributed by atoms with Crippen LogP contribution in [-0.2, 0) is 0 Å². The third-order valence-electron chi connectivity index (χ3n) is 4.17. The Bertz CT molecular complexity index is 212. The van der Waals surface area contributed by atoms with Crippen molar-refractivity contribution >= 4 is 11.6 Å². The average Bonchev–Trinajstić information content (AvgIpc) is 2.69. The summed E-state index contributed by atoms with van der Waals surface area (Å²) < 4.78 is 0. The Balaban J connectivity index is 1.62. The van der Waals surface area contributed by atoms with Crippen LogP contribution >= 0.6 is 11.6 Å². The molecule has 0 aromatic heterocycles. The van der Waals surface area contributed by atoms with Gasteiger partial charge in [-0.15, -0.1) is 11.6 Å². The third kappa shape index (κ3) is 2.48. The van der Waals surface area contributed by atoms with Crippen molar-refractivity contribution in [2.24, 2.45) is 5.41 Å². The first-order valence-electron chi connectivity index (χ1n) is 6.20. The lowest BCUT2D eigenvalue weighted by atomic mass is 9.67. The quantitative estimate of drug-likeness (QED) is 0.744. The Labute approximate surface area is 98.4 Å². The molecule has 1 aliphatic heterocycles. The van der Waals surface area contributed by atoms with Crippen molar-refractivity contribution in [1.82, 2.24) is 10.2 Å². The molecule has 2 unspecified atom stereocenters. The molecule has 2 atom stereocenters. The summed E-state index contributed by atoms with van der Waals surface area (Å²) >= 11 is 6.19. The molecule has 0 aromatic rings. The van der Waals surface area contributed by atoms with E-state index in [1.807, 2.05) is 0 Å². The summed E-state index contributed by atoms with van der Waals surface area (Å²) in [6.07, 6.45) is 3.91. The summed E-state index contributed by atoms with van der Waals surface area (Å²) in [5.74, 6) is 0. The number of alkyl halides is 1. The predicted molar refractivity (Wildman–Crippen MR) is 65.5 cm³/mol. The molecule has 88 valence electrons. The molecule has 0 aromatic carbocycles. The van der Waals surface area contributed by atoms with E-state index in [-0.39, 0.29) is 5.41 Å². The molecule has 0 spiro atoms. The van der Waals surface area contributed by atoms with E-state index in [0.29, 0.717) is 11.4 Å². The minimum Gasteiger partial charge on any atom is -0.312 e. The summed E-state index contributed by atoms with van der Waals surface area (Å²) in [6.45, 7) is 9.46. The fourth-order valence-corrected chi connectivity index (χ4v) is 2.95. The second-order valence-corrected chi connectivity index (χ2v) is 6.11. The molecule has 1 saturated carbocycles. The molecule has 3 heteroatoms. The van der Waals surface area contributed by atoms with Crippen LogP contribution in [-0.4, -0.2) is 42.5 Å². The van der Waals surface area contributed by atoms with Crippen molar-refractivity contribution in [3.05, 3.63) is 0 Å². The van der Waals surface area contributed by atoms with Crippen LogP contribution in [0.4, 0.5) is 0 Å². The van der Waals surface area contributed by atoms with Crippen molar-refractivity contribution in [1.29, 1.82) is 0 Å². The Kier molecular flexibility index (Phi) is 3.59. The van der Waals surface area contributed by atoms with Crippen molar-refractivity contribution < 1.29 is 0 Å². The van der Waals surface area contributed by atoms with Gasteiger partial charge in [-0.2, -0.15) is 0 Å². The normalized spacial score (nSPS) is 35.4. The molecule has 1 saturated heterocycles. The largest absolute Gasteiger partial charge is 0.312 e. The number of hydrogen-bond acceptors (Lipinski definition) is 2. The van der Waals surface area contributed by atoms with Gasteiger partial charge in [0.1, 0.15) is 0 Å². The SMILES string of the molecule is CC1(C)C(Cl)CC1NCCN1CCCC1. The van der Waals surface area contributed by atoms with E-state index in [2.05, 4.69) is 24.1 Å². The molecule has 0 bridgehead atoms. The van der Waals surface area contributed by atoms with Gasteiger partial charge in [-0.1, -0.05) is 13.8 Å². The van der Waals surface area contributed by atoms with E-state index in [4.69, 9.17) is 11.6 Å². The van der Waals surface area contributed by atoms with Gasteiger partial charge in [0, 0.05) is 24.5 Å². The fraction of sp³-hybridized carbons (Fsp3) is 1.00. The number of nitrogens with zero attached hydrogens (tertiary/aromatic N) is 1. The number of likely N-dealkylation sites (tertiary alicyclic amines) is 1. The lowest BCUT2D eigenvalue weighted by Gasteiger charge is -2.49. The molecule has 2 fully saturated rings. The molecule has 1 aliphatic carbocycles. The summed E-state index contributed by atoms with van der Waals surface area (Å²) in [7, 11) is 0. The zero-order valence-corrected chi connectivity index (χ0v) is 10.7. The van der Waals surface area contributed by atoms with Crippen LogP contribution in [0.25, 0.3) is 0 Å². The van der Waals surface area contributed by atoms with Gasteiger partial charge in [-0.3, -0.25) is 0 Å². The van der Waals surface area contributed by atoms with Gasteiger partial charge >= 0.3 is 0 Å². The van der Waals surface area contributed by atoms with Gasteiger partial charge < -0.3 is 10.2 Å². The maximum atomic E-state index is 6.19. The summed E-state index contributed by atoms with van der Waals surface area (Å²) in [5, 5.41) is 4.00. The highest BCUT2D eigenvalue weighted by Crippen LogP contribution is 2.44. The van der Waals surface area contributed by atoms with Gasteiger partial charge in [0.05, 0.1) is 0 Å². The maximum absolute atomic E-state index is 6.19. The standard InChI is InChI=1S/C12H23ClN2/c1-12(2)10(13)9-11(12)14-5-8-15-6-3-4-7-15/h10-11,14H,3-9H2,1-2H3. The molecule has 15 heavy (non-hydrogen) atoms. The lowest BCUT2D eigenvalue weighted by molar-refractivity contribution is 0.114.